The summed E-state index contributed by atoms with van der Waals surface area (Å²) in [4.78, 5) is 35.5. The largest absolute Gasteiger partial charge is 0.465 e. The molecule has 26 heavy (non-hydrogen) atoms. The molecule has 0 bridgehead atoms. The normalized spacial score (nSPS) is 10.8. The van der Waals surface area contributed by atoms with Gasteiger partial charge in [0.25, 0.3) is 0 Å². The standard InChI is InChI=1S/C21H18O5/c1-25-20(23)18-9-5-3-7-15(18)11-13-17(22)14-12-16-8-4-6-10-19(16)21(24)26-2/h3-14H,1-2H3/b13-11+,14-12+. The summed E-state index contributed by atoms with van der Waals surface area (Å²) in [6, 6.07) is 13.6. The number of hydrogen-bond donors (Lipinski definition) is 0. The predicted octanol–water partition coefficient (Wildman–Crippen LogP) is 3.56. The highest BCUT2D eigenvalue weighted by atomic mass is 16.5. The fraction of sp³-hybridized carbons (Fsp3) is 0.0952. The Morgan fingerprint density at radius 1 is 0.692 bits per heavy atom. The van der Waals surface area contributed by atoms with Crippen LogP contribution >= 0.6 is 0 Å². The van der Waals surface area contributed by atoms with Crippen LogP contribution in [0.5, 0.6) is 0 Å². The third-order valence-electron chi connectivity index (χ3n) is 3.59. The molecule has 5 nitrogen and oxygen atoms in total. The molecule has 5 heteroatoms. The van der Waals surface area contributed by atoms with Crippen molar-refractivity contribution in [3.05, 3.63) is 82.9 Å². The van der Waals surface area contributed by atoms with Gasteiger partial charge in [-0.3, -0.25) is 4.79 Å². The number of hydrogen-bond acceptors (Lipinski definition) is 5. The highest BCUT2D eigenvalue weighted by Gasteiger charge is 2.10. The van der Waals surface area contributed by atoms with Crippen molar-refractivity contribution in [2.75, 3.05) is 14.2 Å². The molecular weight excluding hydrogens is 332 g/mol. The number of carbonyl (C=O) groups excluding carboxylic acids is 3. The summed E-state index contributed by atoms with van der Waals surface area (Å²) >= 11 is 0. The number of carbonyl (C=O) groups is 3. The van der Waals surface area contributed by atoms with Crippen LogP contribution in [0.4, 0.5) is 0 Å². The fourth-order valence-corrected chi connectivity index (χ4v) is 2.28. The summed E-state index contributed by atoms with van der Waals surface area (Å²) in [5.41, 5.74) is 1.91. The molecule has 0 N–H and O–H groups in total. The van der Waals surface area contributed by atoms with Crippen LogP contribution in [0.3, 0.4) is 0 Å². The van der Waals surface area contributed by atoms with Crippen LogP contribution in [0, 0.1) is 0 Å². The van der Waals surface area contributed by atoms with Crippen molar-refractivity contribution >= 4 is 29.9 Å². The second-order valence-corrected chi connectivity index (χ2v) is 5.23. The van der Waals surface area contributed by atoms with E-state index in [1.54, 1.807) is 60.7 Å². The summed E-state index contributed by atoms with van der Waals surface area (Å²) in [6.07, 6.45) is 5.79. The van der Waals surface area contributed by atoms with Crippen molar-refractivity contribution in [2.45, 2.75) is 0 Å². The Bertz CT molecular complexity index is 806. The minimum Gasteiger partial charge on any atom is -0.465 e. The zero-order valence-corrected chi connectivity index (χ0v) is 14.5. The maximum atomic E-state index is 12.1. The zero-order valence-electron chi connectivity index (χ0n) is 14.5. The average molecular weight is 350 g/mol. The first kappa shape index (κ1) is 18.9. The van der Waals surface area contributed by atoms with Gasteiger partial charge in [0.1, 0.15) is 0 Å². The molecule has 0 saturated heterocycles. The van der Waals surface area contributed by atoms with Crippen LogP contribution in [0.15, 0.2) is 60.7 Å². The number of benzene rings is 2. The first-order valence-electron chi connectivity index (χ1n) is 7.81. The van der Waals surface area contributed by atoms with Crippen molar-refractivity contribution in [3.8, 4) is 0 Å². The van der Waals surface area contributed by atoms with E-state index >= 15 is 0 Å². The number of esters is 2. The number of allylic oxidation sites excluding steroid dienone is 2. The van der Waals surface area contributed by atoms with E-state index < -0.39 is 11.9 Å². The molecule has 132 valence electrons. The number of ether oxygens (including phenoxy) is 2. The molecule has 0 atom stereocenters. The van der Waals surface area contributed by atoms with Gasteiger partial charge in [0.05, 0.1) is 25.3 Å². The Morgan fingerprint density at radius 2 is 1.08 bits per heavy atom. The van der Waals surface area contributed by atoms with Crippen molar-refractivity contribution in [1.82, 2.24) is 0 Å². The Labute approximate surface area is 151 Å². The van der Waals surface area contributed by atoms with Crippen LogP contribution in [-0.2, 0) is 14.3 Å². The molecule has 0 heterocycles. The van der Waals surface area contributed by atoms with Crippen LogP contribution in [0.25, 0.3) is 12.2 Å². The third kappa shape index (κ3) is 4.77. The highest BCUT2D eigenvalue weighted by Crippen LogP contribution is 2.14. The SMILES string of the molecule is COC(=O)c1ccccc1/C=C/C(=O)/C=C/c1ccccc1C(=O)OC. The molecule has 0 radical (unpaired) electrons. The number of rotatable bonds is 6. The second kappa shape index (κ2) is 9.13. The molecule has 0 aliphatic carbocycles. The first-order valence-corrected chi connectivity index (χ1v) is 7.81. The molecular formula is C21H18O5. The van der Waals surface area contributed by atoms with E-state index in [0.29, 0.717) is 22.3 Å². The van der Waals surface area contributed by atoms with Crippen molar-refractivity contribution in [1.29, 1.82) is 0 Å². The summed E-state index contributed by atoms with van der Waals surface area (Å²) < 4.78 is 9.44. The quantitative estimate of drug-likeness (QED) is 0.588. The summed E-state index contributed by atoms with van der Waals surface area (Å²) in [6.45, 7) is 0. The number of ketones is 1. The van der Waals surface area contributed by atoms with Gasteiger partial charge in [-0.05, 0) is 35.4 Å². The van der Waals surface area contributed by atoms with Gasteiger partial charge >= 0.3 is 11.9 Å². The third-order valence-corrected chi connectivity index (χ3v) is 3.59. The van der Waals surface area contributed by atoms with E-state index in [-0.39, 0.29) is 5.78 Å². The van der Waals surface area contributed by atoms with Crippen molar-refractivity contribution in [3.63, 3.8) is 0 Å². The summed E-state index contributed by atoms with van der Waals surface area (Å²) in [5, 5.41) is 0. The molecule has 2 rings (SSSR count). The maximum absolute atomic E-state index is 12.1. The predicted molar refractivity (Wildman–Crippen MR) is 98.6 cm³/mol. The molecule has 0 saturated carbocycles. The van der Waals surface area contributed by atoms with Gasteiger partial charge in [-0.15, -0.1) is 0 Å². The zero-order chi connectivity index (χ0) is 18.9. The Hall–Kier alpha value is -3.47. The van der Waals surface area contributed by atoms with Gasteiger partial charge in [-0.25, -0.2) is 9.59 Å². The topological polar surface area (TPSA) is 69.7 Å². The lowest BCUT2D eigenvalue weighted by molar-refractivity contribution is -0.110. The lowest BCUT2D eigenvalue weighted by atomic mass is 10.1. The molecule has 0 aliphatic heterocycles. The minimum absolute atomic E-state index is 0.288. The molecule has 0 amide bonds. The van der Waals surface area contributed by atoms with Gasteiger partial charge in [0, 0.05) is 0 Å². The highest BCUT2D eigenvalue weighted by molar-refractivity contribution is 6.06. The van der Waals surface area contributed by atoms with Crippen LogP contribution < -0.4 is 0 Å². The summed E-state index contributed by atoms with van der Waals surface area (Å²) in [5.74, 6) is -1.23. The smallest absolute Gasteiger partial charge is 0.338 e. The van der Waals surface area contributed by atoms with Gasteiger partial charge in [-0.1, -0.05) is 48.6 Å². The van der Waals surface area contributed by atoms with E-state index in [9.17, 15) is 14.4 Å². The Morgan fingerprint density at radius 3 is 1.46 bits per heavy atom. The first-order chi connectivity index (χ1) is 12.6. The molecule has 0 unspecified atom stereocenters. The molecule has 0 fully saturated rings. The molecule has 0 aliphatic rings. The summed E-state index contributed by atoms with van der Waals surface area (Å²) in [7, 11) is 2.60. The number of methoxy groups -OCH3 is 2. The van der Waals surface area contributed by atoms with E-state index in [1.807, 2.05) is 0 Å². The van der Waals surface area contributed by atoms with E-state index in [4.69, 9.17) is 9.47 Å². The second-order valence-electron chi connectivity index (χ2n) is 5.23. The average Bonchev–Trinajstić information content (AvgIpc) is 2.69. The lowest BCUT2D eigenvalue weighted by Crippen LogP contribution is -2.03. The Kier molecular flexibility index (Phi) is 6.62. The van der Waals surface area contributed by atoms with E-state index in [2.05, 4.69) is 0 Å². The molecule has 0 aromatic heterocycles. The Balaban J connectivity index is 2.18. The van der Waals surface area contributed by atoms with Crippen molar-refractivity contribution < 1.29 is 23.9 Å². The minimum atomic E-state index is -0.472. The van der Waals surface area contributed by atoms with Crippen LogP contribution in [0.2, 0.25) is 0 Å². The lowest BCUT2D eigenvalue weighted by Gasteiger charge is -2.03. The van der Waals surface area contributed by atoms with Gasteiger partial charge in [0.15, 0.2) is 5.78 Å². The van der Waals surface area contributed by atoms with Gasteiger partial charge < -0.3 is 9.47 Å². The van der Waals surface area contributed by atoms with Crippen molar-refractivity contribution in [2.24, 2.45) is 0 Å². The van der Waals surface area contributed by atoms with E-state index in [0.717, 1.165) is 0 Å². The van der Waals surface area contributed by atoms with Crippen LogP contribution in [0.1, 0.15) is 31.8 Å². The monoisotopic (exact) mass is 350 g/mol. The van der Waals surface area contributed by atoms with Gasteiger partial charge in [0.2, 0.25) is 0 Å². The van der Waals surface area contributed by atoms with Crippen LogP contribution in [-0.4, -0.2) is 31.9 Å². The fourth-order valence-electron chi connectivity index (χ4n) is 2.28. The van der Waals surface area contributed by atoms with E-state index in [1.165, 1.54) is 26.4 Å². The molecule has 0 spiro atoms. The maximum Gasteiger partial charge on any atom is 0.338 e. The molecule has 2 aromatic carbocycles. The van der Waals surface area contributed by atoms with Gasteiger partial charge in [-0.2, -0.15) is 0 Å². The molecule has 2 aromatic rings.